The molecule has 0 atom stereocenters. The highest BCUT2D eigenvalue weighted by molar-refractivity contribution is 6.01. The van der Waals surface area contributed by atoms with Crippen molar-refractivity contribution in [3.63, 3.8) is 0 Å². The van der Waals surface area contributed by atoms with Crippen molar-refractivity contribution >= 4 is 17.9 Å². The quantitative estimate of drug-likeness (QED) is 0.289. The lowest BCUT2D eigenvalue weighted by atomic mass is 9.97. The van der Waals surface area contributed by atoms with Crippen LogP contribution in [0, 0.1) is 0 Å². The molecular formula is C18H22O8. The minimum atomic E-state index is -1.44. The van der Waals surface area contributed by atoms with Gasteiger partial charge >= 0.3 is 12.1 Å². The van der Waals surface area contributed by atoms with Gasteiger partial charge in [0.1, 0.15) is 37.8 Å². The second-order valence-corrected chi connectivity index (χ2v) is 5.58. The van der Waals surface area contributed by atoms with Crippen LogP contribution in [0.25, 0.3) is 0 Å². The lowest BCUT2D eigenvalue weighted by Gasteiger charge is -2.15. The molecule has 0 saturated carbocycles. The minimum Gasteiger partial charge on any atom is -0.490 e. The lowest BCUT2D eigenvalue weighted by molar-refractivity contribution is -0.139. The Morgan fingerprint density at radius 2 is 1.54 bits per heavy atom. The number of hydrogen-bond acceptors (Lipinski definition) is 8. The van der Waals surface area contributed by atoms with Gasteiger partial charge in [0.25, 0.3) is 0 Å². The SMILES string of the molecule is C=CC(=O)OCCOC(=O)OCCOc1ccc(C(=O)C(C)(C)O)cc1. The van der Waals surface area contributed by atoms with E-state index in [2.05, 4.69) is 16.1 Å². The largest absolute Gasteiger partial charge is 0.508 e. The fourth-order valence-corrected chi connectivity index (χ4v) is 1.71. The molecule has 0 saturated heterocycles. The van der Waals surface area contributed by atoms with Gasteiger partial charge in [0, 0.05) is 11.6 Å². The van der Waals surface area contributed by atoms with Crippen molar-refractivity contribution in [3.05, 3.63) is 42.5 Å². The van der Waals surface area contributed by atoms with Gasteiger partial charge in [-0.2, -0.15) is 0 Å². The summed E-state index contributed by atoms with van der Waals surface area (Å²) in [6.07, 6.45) is 0.0948. The number of ketones is 1. The first-order chi connectivity index (χ1) is 12.2. The zero-order valence-electron chi connectivity index (χ0n) is 14.7. The highest BCUT2D eigenvalue weighted by Crippen LogP contribution is 2.17. The van der Waals surface area contributed by atoms with Crippen LogP contribution in [-0.4, -0.2) is 55.0 Å². The number of aliphatic hydroxyl groups is 1. The number of Topliss-reactive ketones (excluding diaryl/α,β-unsaturated/α-hetero) is 1. The van der Waals surface area contributed by atoms with E-state index in [1.807, 2.05) is 0 Å². The highest BCUT2D eigenvalue weighted by atomic mass is 16.7. The first-order valence-electron chi connectivity index (χ1n) is 7.83. The number of hydrogen-bond donors (Lipinski definition) is 1. The van der Waals surface area contributed by atoms with Crippen molar-refractivity contribution in [1.29, 1.82) is 0 Å². The summed E-state index contributed by atoms with van der Waals surface area (Å²) in [6, 6.07) is 6.22. The van der Waals surface area contributed by atoms with E-state index in [0.29, 0.717) is 11.3 Å². The molecule has 0 aliphatic heterocycles. The molecule has 0 spiro atoms. The van der Waals surface area contributed by atoms with Crippen molar-refractivity contribution in [2.24, 2.45) is 0 Å². The zero-order chi connectivity index (χ0) is 19.6. The predicted octanol–water partition coefficient (Wildman–Crippen LogP) is 1.90. The molecule has 1 aromatic carbocycles. The molecule has 0 aromatic heterocycles. The first-order valence-corrected chi connectivity index (χ1v) is 7.83. The third-order valence-electron chi connectivity index (χ3n) is 2.96. The molecule has 0 aliphatic rings. The topological polar surface area (TPSA) is 108 Å². The molecule has 1 aromatic rings. The molecule has 0 amide bonds. The van der Waals surface area contributed by atoms with Gasteiger partial charge < -0.3 is 24.1 Å². The Hall–Kier alpha value is -2.87. The van der Waals surface area contributed by atoms with Gasteiger partial charge in [-0.05, 0) is 38.1 Å². The van der Waals surface area contributed by atoms with E-state index >= 15 is 0 Å². The van der Waals surface area contributed by atoms with Crippen molar-refractivity contribution in [3.8, 4) is 5.75 Å². The highest BCUT2D eigenvalue weighted by Gasteiger charge is 2.24. The van der Waals surface area contributed by atoms with Crippen LogP contribution in [0.5, 0.6) is 5.75 Å². The smallest absolute Gasteiger partial charge is 0.490 e. The average Bonchev–Trinajstić information content (AvgIpc) is 2.61. The summed E-state index contributed by atoms with van der Waals surface area (Å²) in [5.74, 6) is -0.523. The van der Waals surface area contributed by atoms with Crippen molar-refractivity contribution in [1.82, 2.24) is 0 Å². The van der Waals surface area contributed by atoms with Crippen LogP contribution in [0.1, 0.15) is 24.2 Å². The van der Waals surface area contributed by atoms with Gasteiger partial charge in [-0.25, -0.2) is 9.59 Å². The lowest BCUT2D eigenvalue weighted by Crippen LogP contribution is -2.30. The van der Waals surface area contributed by atoms with Crippen molar-refractivity contribution < 1.29 is 38.4 Å². The van der Waals surface area contributed by atoms with Crippen molar-refractivity contribution in [2.45, 2.75) is 19.4 Å². The van der Waals surface area contributed by atoms with Crippen LogP contribution in [0.4, 0.5) is 4.79 Å². The molecule has 8 nitrogen and oxygen atoms in total. The third-order valence-corrected chi connectivity index (χ3v) is 2.96. The van der Waals surface area contributed by atoms with Crippen LogP contribution < -0.4 is 4.74 Å². The predicted molar refractivity (Wildman–Crippen MR) is 91.0 cm³/mol. The van der Waals surface area contributed by atoms with E-state index in [-0.39, 0.29) is 26.4 Å². The number of benzene rings is 1. The summed E-state index contributed by atoms with van der Waals surface area (Å²) < 4.78 is 19.4. The van der Waals surface area contributed by atoms with Gasteiger partial charge in [-0.1, -0.05) is 6.58 Å². The summed E-state index contributed by atoms with van der Waals surface area (Å²) in [6.45, 7) is 5.87. The van der Waals surface area contributed by atoms with Gasteiger partial charge in [0.15, 0.2) is 5.78 Å². The van der Waals surface area contributed by atoms with Crippen LogP contribution in [0.3, 0.4) is 0 Å². The molecule has 0 radical (unpaired) electrons. The monoisotopic (exact) mass is 366 g/mol. The normalized spacial score (nSPS) is 10.6. The number of rotatable bonds is 10. The molecule has 0 heterocycles. The van der Waals surface area contributed by atoms with Gasteiger partial charge in [0.05, 0.1) is 0 Å². The maximum atomic E-state index is 11.9. The third kappa shape index (κ3) is 7.80. The summed E-state index contributed by atoms with van der Waals surface area (Å²) >= 11 is 0. The number of esters is 1. The maximum absolute atomic E-state index is 11.9. The Labute approximate surface area is 151 Å². The average molecular weight is 366 g/mol. The Morgan fingerprint density at radius 3 is 2.08 bits per heavy atom. The Bertz CT molecular complexity index is 628. The summed E-state index contributed by atoms with van der Waals surface area (Å²) in [7, 11) is 0. The van der Waals surface area contributed by atoms with E-state index in [1.54, 1.807) is 12.1 Å². The molecule has 0 aliphatic carbocycles. The van der Waals surface area contributed by atoms with Gasteiger partial charge in [0.2, 0.25) is 0 Å². The van der Waals surface area contributed by atoms with Crippen LogP contribution in [0.2, 0.25) is 0 Å². The fourth-order valence-electron chi connectivity index (χ4n) is 1.71. The molecule has 142 valence electrons. The molecule has 0 bridgehead atoms. The van der Waals surface area contributed by atoms with E-state index in [0.717, 1.165) is 6.08 Å². The van der Waals surface area contributed by atoms with Crippen LogP contribution >= 0.6 is 0 Å². The van der Waals surface area contributed by atoms with Crippen molar-refractivity contribution in [2.75, 3.05) is 26.4 Å². The standard InChI is InChI=1S/C18H22O8/c1-4-15(19)24-10-12-26-17(21)25-11-9-23-14-7-5-13(6-8-14)16(20)18(2,3)22/h4-8,22H,1,9-12H2,2-3H3. The molecule has 1 rings (SSSR count). The molecule has 0 fully saturated rings. The Morgan fingerprint density at radius 1 is 1.00 bits per heavy atom. The molecule has 0 unspecified atom stereocenters. The van der Waals surface area contributed by atoms with Gasteiger partial charge in [-0.15, -0.1) is 0 Å². The first kappa shape index (κ1) is 21.2. The number of carbonyl (C=O) groups excluding carboxylic acids is 3. The second-order valence-electron chi connectivity index (χ2n) is 5.58. The van der Waals surface area contributed by atoms with E-state index in [4.69, 9.17) is 9.47 Å². The Balaban J connectivity index is 2.23. The molecule has 1 N–H and O–H groups in total. The summed E-state index contributed by atoms with van der Waals surface area (Å²) in [5, 5.41) is 9.68. The van der Waals surface area contributed by atoms with E-state index in [9.17, 15) is 19.5 Å². The van der Waals surface area contributed by atoms with E-state index < -0.39 is 23.5 Å². The number of ether oxygens (including phenoxy) is 4. The van der Waals surface area contributed by atoms with Crippen LogP contribution in [-0.2, 0) is 19.0 Å². The number of carbonyl (C=O) groups is 3. The Kier molecular flexibility index (Phi) is 8.30. The fraction of sp³-hybridized carbons (Fsp3) is 0.389. The zero-order valence-corrected chi connectivity index (χ0v) is 14.7. The van der Waals surface area contributed by atoms with Gasteiger partial charge in [-0.3, -0.25) is 4.79 Å². The molecule has 26 heavy (non-hydrogen) atoms. The summed E-state index contributed by atoms with van der Waals surface area (Å²) in [4.78, 5) is 33.9. The summed E-state index contributed by atoms with van der Waals surface area (Å²) in [5.41, 5.74) is -1.08. The van der Waals surface area contributed by atoms with E-state index in [1.165, 1.54) is 26.0 Å². The second kappa shape index (κ2) is 10.2. The maximum Gasteiger partial charge on any atom is 0.508 e. The van der Waals surface area contributed by atoms with Crippen LogP contribution in [0.15, 0.2) is 36.9 Å². The molecular weight excluding hydrogens is 344 g/mol. The molecule has 8 heteroatoms. The minimum absolute atomic E-state index is 0.0460.